The second kappa shape index (κ2) is 10.4. The van der Waals surface area contributed by atoms with Crippen LogP contribution in [0.3, 0.4) is 0 Å². The Balaban J connectivity index is 3.93. The van der Waals surface area contributed by atoms with Crippen molar-refractivity contribution >= 4 is 33.8 Å². The number of amides is 3. The summed E-state index contributed by atoms with van der Waals surface area (Å²) in [5, 5.41) is 5.76. The van der Waals surface area contributed by atoms with E-state index in [2.05, 4.69) is 26.6 Å². The first-order chi connectivity index (χ1) is 10.2. The van der Waals surface area contributed by atoms with Crippen molar-refractivity contribution in [1.82, 2.24) is 10.6 Å². The van der Waals surface area contributed by atoms with E-state index >= 15 is 0 Å². The molecule has 0 aromatic carbocycles. The molecule has 8 heteroatoms. The highest BCUT2D eigenvalue weighted by atomic mass is 79.9. The first-order valence-electron chi connectivity index (χ1n) is 7.27. The molecule has 1 atom stereocenters. The summed E-state index contributed by atoms with van der Waals surface area (Å²) < 4.78 is 5.10. The highest BCUT2D eigenvalue weighted by molar-refractivity contribution is 9.09. The lowest BCUT2D eigenvalue weighted by Crippen LogP contribution is -2.44. The van der Waals surface area contributed by atoms with Crippen LogP contribution in [-0.2, 0) is 14.3 Å². The van der Waals surface area contributed by atoms with Crippen LogP contribution in [0.15, 0.2) is 0 Å². The number of hydrogen-bond donors (Lipinski definition) is 3. The molecule has 22 heavy (non-hydrogen) atoms. The van der Waals surface area contributed by atoms with E-state index in [4.69, 9.17) is 10.5 Å². The molecule has 0 heterocycles. The second-order valence-corrected chi connectivity index (χ2v) is 6.68. The third-order valence-corrected chi connectivity index (χ3v) is 2.98. The van der Waals surface area contributed by atoms with Crippen LogP contribution in [0.5, 0.6) is 0 Å². The number of carbonyl (C=O) groups is 3. The molecule has 0 aliphatic rings. The zero-order valence-electron chi connectivity index (χ0n) is 13.4. The number of nitrogens with two attached hydrogens (primary N) is 1. The first kappa shape index (κ1) is 20.7. The topological polar surface area (TPSA) is 111 Å². The molecule has 3 amide bonds. The number of nitrogens with one attached hydrogen (secondary N) is 2. The quantitative estimate of drug-likeness (QED) is 0.415. The number of rotatable bonds is 9. The van der Waals surface area contributed by atoms with Gasteiger partial charge in [-0.05, 0) is 40.0 Å². The molecule has 7 nitrogen and oxygen atoms in total. The molecular formula is C14H26BrN3O4. The molecule has 0 radical (unpaired) electrons. The molecule has 0 aromatic heterocycles. The fraction of sp³-hybridized carbons (Fsp3) is 0.786. The van der Waals surface area contributed by atoms with Crippen LogP contribution in [0.25, 0.3) is 0 Å². The maximum absolute atomic E-state index is 11.4. The Bertz CT molecular complexity index is 383. The average Bonchev–Trinajstić information content (AvgIpc) is 2.34. The van der Waals surface area contributed by atoms with Gasteiger partial charge < -0.3 is 21.1 Å². The normalized spacial score (nSPS) is 12.4. The highest BCUT2D eigenvalue weighted by Crippen LogP contribution is 2.06. The Morgan fingerprint density at radius 2 is 1.86 bits per heavy atom. The molecule has 0 rings (SSSR count). The molecule has 0 bridgehead atoms. The smallest absolute Gasteiger partial charge is 0.407 e. The Kier molecular flexibility index (Phi) is 9.80. The Labute approximate surface area is 139 Å². The Morgan fingerprint density at radius 3 is 2.36 bits per heavy atom. The summed E-state index contributed by atoms with van der Waals surface area (Å²) in [6.45, 7) is 5.81. The molecule has 0 aliphatic heterocycles. The lowest BCUT2D eigenvalue weighted by atomic mass is 10.1. The van der Waals surface area contributed by atoms with Crippen LogP contribution in [0.2, 0.25) is 0 Å². The summed E-state index contributed by atoms with van der Waals surface area (Å²) in [5.74, 6) is -0.768. The minimum absolute atomic E-state index is 0.215. The molecule has 0 saturated heterocycles. The molecule has 0 unspecified atom stereocenters. The summed E-state index contributed by atoms with van der Waals surface area (Å²) in [4.78, 5) is 34.1. The molecular weight excluding hydrogens is 354 g/mol. The SMILES string of the molecule is CC(C)(C)OC(=O)NCCCC[C@H](NC(=O)CCBr)C(N)=O. The fourth-order valence-electron chi connectivity index (χ4n) is 1.62. The van der Waals surface area contributed by atoms with Crippen LogP contribution in [0.1, 0.15) is 46.5 Å². The van der Waals surface area contributed by atoms with Gasteiger partial charge in [0.2, 0.25) is 11.8 Å². The van der Waals surface area contributed by atoms with Gasteiger partial charge in [0, 0.05) is 18.3 Å². The number of alkyl carbamates (subject to hydrolysis) is 1. The maximum atomic E-state index is 11.4. The fourth-order valence-corrected chi connectivity index (χ4v) is 1.98. The molecule has 4 N–H and O–H groups in total. The van der Waals surface area contributed by atoms with Crippen LogP contribution < -0.4 is 16.4 Å². The second-order valence-electron chi connectivity index (χ2n) is 5.89. The predicted octanol–water partition coefficient (Wildman–Crippen LogP) is 1.44. The molecule has 0 aromatic rings. The van der Waals surface area contributed by atoms with Crippen molar-refractivity contribution in [3.8, 4) is 0 Å². The van der Waals surface area contributed by atoms with Gasteiger partial charge in [-0.3, -0.25) is 9.59 Å². The van der Waals surface area contributed by atoms with E-state index in [0.29, 0.717) is 37.6 Å². The average molecular weight is 380 g/mol. The zero-order valence-corrected chi connectivity index (χ0v) is 15.0. The summed E-state index contributed by atoms with van der Waals surface area (Å²) >= 11 is 3.16. The van der Waals surface area contributed by atoms with Gasteiger partial charge in [0.1, 0.15) is 11.6 Å². The van der Waals surface area contributed by atoms with Gasteiger partial charge >= 0.3 is 6.09 Å². The van der Waals surface area contributed by atoms with Crippen molar-refractivity contribution in [2.24, 2.45) is 5.73 Å². The van der Waals surface area contributed by atoms with Gasteiger partial charge in [-0.1, -0.05) is 15.9 Å². The lowest BCUT2D eigenvalue weighted by molar-refractivity contribution is -0.127. The van der Waals surface area contributed by atoms with Crippen molar-refractivity contribution in [2.75, 3.05) is 11.9 Å². The highest BCUT2D eigenvalue weighted by Gasteiger charge is 2.18. The third kappa shape index (κ3) is 11.4. The van der Waals surface area contributed by atoms with Gasteiger partial charge in [-0.2, -0.15) is 0 Å². The number of halogens is 1. The van der Waals surface area contributed by atoms with Gasteiger partial charge in [0.05, 0.1) is 0 Å². The molecule has 0 spiro atoms. The Hall–Kier alpha value is -1.31. The largest absolute Gasteiger partial charge is 0.444 e. The number of hydrogen-bond acceptors (Lipinski definition) is 4. The van der Waals surface area contributed by atoms with Gasteiger partial charge in [0.25, 0.3) is 0 Å². The summed E-state index contributed by atoms with van der Waals surface area (Å²) in [7, 11) is 0. The van der Waals surface area contributed by atoms with Crippen molar-refractivity contribution in [3.63, 3.8) is 0 Å². The molecule has 0 aliphatic carbocycles. The van der Waals surface area contributed by atoms with E-state index in [9.17, 15) is 14.4 Å². The first-order valence-corrected chi connectivity index (χ1v) is 8.39. The minimum Gasteiger partial charge on any atom is -0.444 e. The Morgan fingerprint density at radius 1 is 1.23 bits per heavy atom. The van der Waals surface area contributed by atoms with Gasteiger partial charge in [-0.15, -0.1) is 0 Å². The van der Waals surface area contributed by atoms with Crippen LogP contribution in [0.4, 0.5) is 4.79 Å². The molecule has 128 valence electrons. The number of unbranched alkanes of at least 4 members (excludes halogenated alkanes) is 1. The standard InChI is InChI=1S/C14H26BrN3O4/c1-14(2,3)22-13(21)17-9-5-4-6-10(12(16)20)18-11(19)7-8-15/h10H,4-9H2,1-3H3,(H2,16,20)(H,17,21)(H,18,19)/t10-/m0/s1. The van der Waals surface area contributed by atoms with Crippen LogP contribution in [0, 0.1) is 0 Å². The molecule has 0 fully saturated rings. The van der Waals surface area contributed by atoms with E-state index in [-0.39, 0.29) is 5.91 Å². The maximum Gasteiger partial charge on any atom is 0.407 e. The molecule has 0 saturated carbocycles. The van der Waals surface area contributed by atoms with E-state index in [1.807, 2.05) is 0 Å². The number of primary amides is 1. The van der Waals surface area contributed by atoms with Crippen molar-refractivity contribution in [3.05, 3.63) is 0 Å². The van der Waals surface area contributed by atoms with E-state index in [0.717, 1.165) is 0 Å². The van der Waals surface area contributed by atoms with Crippen molar-refractivity contribution in [1.29, 1.82) is 0 Å². The van der Waals surface area contributed by atoms with Gasteiger partial charge in [0.15, 0.2) is 0 Å². The number of alkyl halides is 1. The monoisotopic (exact) mass is 379 g/mol. The number of ether oxygens (including phenoxy) is 1. The number of carbonyl (C=O) groups excluding carboxylic acids is 3. The van der Waals surface area contributed by atoms with Crippen molar-refractivity contribution in [2.45, 2.75) is 58.1 Å². The van der Waals surface area contributed by atoms with E-state index in [1.165, 1.54) is 0 Å². The summed E-state index contributed by atoms with van der Waals surface area (Å²) in [6.07, 6.45) is 1.59. The zero-order chi connectivity index (χ0) is 17.2. The minimum atomic E-state index is -0.673. The van der Waals surface area contributed by atoms with Gasteiger partial charge in [-0.25, -0.2) is 4.79 Å². The lowest BCUT2D eigenvalue weighted by Gasteiger charge is -2.19. The third-order valence-electron chi connectivity index (χ3n) is 2.59. The van der Waals surface area contributed by atoms with Crippen molar-refractivity contribution < 1.29 is 19.1 Å². The summed E-state index contributed by atoms with van der Waals surface area (Å²) in [6, 6.07) is -0.673. The van der Waals surface area contributed by atoms with E-state index in [1.54, 1.807) is 20.8 Å². The van der Waals surface area contributed by atoms with E-state index < -0.39 is 23.6 Å². The predicted molar refractivity (Wildman–Crippen MR) is 87.6 cm³/mol. The van der Waals surface area contributed by atoms with Crippen LogP contribution in [-0.4, -0.2) is 41.4 Å². The summed E-state index contributed by atoms with van der Waals surface area (Å²) in [5.41, 5.74) is 4.73. The van der Waals surface area contributed by atoms with Crippen LogP contribution >= 0.6 is 15.9 Å².